The van der Waals surface area contributed by atoms with E-state index in [0.29, 0.717) is 10.7 Å². The van der Waals surface area contributed by atoms with Gasteiger partial charge >= 0.3 is 5.91 Å². The zero-order valence-electron chi connectivity index (χ0n) is 18.0. The Hall–Kier alpha value is -3.36. The molecule has 1 aliphatic rings. The maximum absolute atomic E-state index is 13.5. The van der Waals surface area contributed by atoms with E-state index in [9.17, 15) is 19.1 Å². The third kappa shape index (κ3) is 3.82. The molecule has 0 aliphatic carbocycles. The van der Waals surface area contributed by atoms with Gasteiger partial charge in [0.05, 0.1) is 21.8 Å². The molecule has 170 valence electrons. The van der Waals surface area contributed by atoms with E-state index in [1.165, 1.54) is 40.5 Å². The number of halogens is 2. The number of anilines is 1. The summed E-state index contributed by atoms with van der Waals surface area (Å²) < 4.78 is 15.1. The lowest BCUT2D eigenvalue weighted by Gasteiger charge is -2.23. The highest BCUT2D eigenvalue weighted by Crippen LogP contribution is 2.44. The maximum Gasteiger partial charge on any atom is 0.301 e. The van der Waals surface area contributed by atoms with Gasteiger partial charge in [0.2, 0.25) is 0 Å². The van der Waals surface area contributed by atoms with Gasteiger partial charge in [0.1, 0.15) is 11.6 Å². The lowest BCUT2D eigenvalue weighted by molar-refractivity contribution is -0.132. The van der Waals surface area contributed by atoms with Gasteiger partial charge in [-0.05, 0) is 66.1 Å². The van der Waals surface area contributed by atoms with Crippen LogP contribution in [0, 0.1) is 5.82 Å². The summed E-state index contributed by atoms with van der Waals surface area (Å²) in [5.41, 5.74) is 2.68. The molecule has 4 aromatic rings. The standard InChI is InChI=1S/C26H18BrFN2O3S/c1-2-14-6-11-19-20(12-14)34-26(29-19)30-22(16-4-3-5-17(27)13-16)21(24(32)25(30)33)23(31)15-7-9-18(28)10-8-15/h3-13,22,31H,2H2,1H3. The number of Topliss-reactive ketones (excluding diaryl/α,β-unsaturated/α-hetero) is 1. The minimum atomic E-state index is -0.895. The summed E-state index contributed by atoms with van der Waals surface area (Å²) in [5, 5.41) is 11.5. The highest BCUT2D eigenvalue weighted by atomic mass is 79.9. The van der Waals surface area contributed by atoms with Gasteiger partial charge in [-0.25, -0.2) is 9.37 Å². The Balaban J connectivity index is 1.72. The third-order valence-electron chi connectivity index (χ3n) is 5.78. The number of fused-ring (bicyclic) bond motifs is 1. The van der Waals surface area contributed by atoms with E-state index >= 15 is 0 Å². The second kappa shape index (κ2) is 8.77. The first kappa shape index (κ1) is 22.4. The maximum atomic E-state index is 13.5. The summed E-state index contributed by atoms with van der Waals surface area (Å²) in [6, 6.07) is 17.4. The first-order valence-electron chi connectivity index (χ1n) is 10.6. The summed E-state index contributed by atoms with van der Waals surface area (Å²) in [6.45, 7) is 2.06. The van der Waals surface area contributed by atoms with Gasteiger partial charge in [-0.3, -0.25) is 14.5 Å². The first-order chi connectivity index (χ1) is 16.4. The van der Waals surface area contributed by atoms with Crippen LogP contribution in [0.4, 0.5) is 9.52 Å². The average Bonchev–Trinajstić information content (AvgIpc) is 3.36. The van der Waals surface area contributed by atoms with E-state index in [4.69, 9.17) is 0 Å². The van der Waals surface area contributed by atoms with Crippen molar-refractivity contribution in [2.45, 2.75) is 19.4 Å². The van der Waals surface area contributed by atoms with Gasteiger partial charge in [-0.2, -0.15) is 0 Å². The van der Waals surface area contributed by atoms with E-state index < -0.39 is 23.5 Å². The highest BCUT2D eigenvalue weighted by molar-refractivity contribution is 9.10. The molecule has 0 bridgehead atoms. The zero-order chi connectivity index (χ0) is 24.0. The van der Waals surface area contributed by atoms with Gasteiger partial charge in [0.15, 0.2) is 5.13 Å². The Bertz CT molecular complexity index is 1480. The molecule has 0 saturated carbocycles. The molecule has 3 aromatic carbocycles. The number of ketones is 1. The molecular formula is C26H18BrFN2O3S. The second-order valence-electron chi connectivity index (χ2n) is 7.88. The molecule has 5 rings (SSSR count). The summed E-state index contributed by atoms with van der Waals surface area (Å²) in [5.74, 6) is -2.43. The van der Waals surface area contributed by atoms with Crippen LogP contribution in [0.25, 0.3) is 16.0 Å². The molecule has 1 aliphatic heterocycles. The molecule has 1 saturated heterocycles. The number of benzene rings is 3. The van der Waals surface area contributed by atoms with Crippen LogP contribution in [0.2, 0.25) is 0 Å². The fraction of sp³-hybridized carbons (Fsp3) is 0.115. The second-order valence-corrected chi connectivity index (χ2v) is 9.81. The van der Waals surface area contributed by atoms with Crippen molar-refractivity contribution in [1.29, 1.82) is 0 Å². The fourth-order valence-electron chi connectivity index (χ4n) is 4.06. The molecule has 8 heteroatoms. The van der Waals surface area contributed by atoms with E-state index in [1.807, 2.05) is 24.3 Å². The molecule has 0 spiro atoms. The fourth-order valence-corrected chi connectivity index (χ4v) is 5.54. The smallest absolute Gasteiger partial charge is 0.301 e. The van der Waals surface area contributed by atoms with Crippen molar-refractivity contribution >= 4 is 60.1 Å². The largest absolute Gasteiger partial charge is 0.507 e. The van der Waals surface area contributed by atoms with E-state index in [1.54, 1.807) is 18.2 Å². The Morgan fingerprint density at radius 3 is 2.59 bits per heavy atom. The monoisotopic (exact) mass is 536 g/mol. The van der Waals surface area contributed by atoms with Gasteiger partial charge in [0.25, 0.3) is 5.78 Å². The summed E-state index contributed by atoms with van der Waals surface area (Å²) in [6.07, 6.45) is 0.864. The predicted molar refractivity (Wildman–Crippen MR) is 134 cm³/mol. The predicted octanol–water partition coefficient (Wildman–Crippen LogP) is 6.39. The Kier molecular flexibility index (Phi) is 5.79. The molecule has 1 amide bonds. The third-order valence-corrected chi connectivity index (χ3v) is 7.29. The first-order valence-corrected chi connectivity index (χ1v) is 12.2. The van der Waals surface area contributed by atoms with Crippen LogP contribution in [0.1, 0.15) is 29.7 Å². The van der Waals surface area contributed by atoms with Gasteiger partial charge in [0, 0.05) is 10.0 Å². The summed E-state index contributed by atoms with van der Waals surface area (Å²) in [7, 11) is 0. The number of thiazole rings is 1. The average molecular weight is 537 g/mol. The van der Waals surface area contributed by atoms with Crippen LogP contribution >= 0.6 is 27.3 Å². The van der Waals surface area contributed by atoms with Crippen LogP contribution in [-0.2, 0) is 16.0 Å². The molecule has 2 heterocycles. The Labute approximate surface area is 207 Å². The van der Waals surface area contributed by atoms with Gasteiger partial charge in [-0.1, -0.05) is 52.4 Å². The molecule has 1 N–H and O–H groups in total. The molecule has 0 radical (unpaired) electrons. The number of hydrogen-bond donors (Lipinski definition) is 1. The molecule has 1 aromatic heterocycles. The molecule has 1 unspecified atom stereocenters. The number of aliphatic hydroxyl groups excluding tert-OH is 1. The van der Waals surface area contributed by atoms with Crippen LogP contribution in [0.3, 0.4) is 0 Å². The van der Waals surface area contributed by atoms with Crippen molar-refractivity contribution in [1.82, 2.24) is 4.98 Å². The van der Waals surface area contributed by atoms with Crippen LogP contribution < -0.4 is 4.90 Å². The van der Waals surface area contributed by atoms with Crippen LogP contribution in [0.5, 0.6) is 0 Å². The van der Waals surface area contributed by atoms with Crippen molar-refractivity contribution in [3.8, 4) is 0 Å². The van der Waals surface area contributed by atoms with Crippen molar-refractivity contribution in [2.75, 3.05) is 4.90 Å². The Morgan fingerprint density at radius 2 is 1.88 bits per heavy atom. The number of hydrogen-bond acceptors (Lipinski definition) is 5. The summed E-state index contributed by atoms with van der Waals surface area (Å²) in [4.78, 5) is 32.5. The number of aryl methyl sites for hydroxylation is 1. The molecule has 1 atom stereocenters. The molecule has 5 nitrogen and oxygen atoms in total. The molecular weight excluding hydrogens is 519 g/mol. The number of aromatic nitrogens is 1. The van der Waals surface area contributed by atoms with E-state index in [2.05, 4.69) is 27.8 Å². The highest BCUT2D eigenvalue weighted by Gasteiger charge is 2.48. The lowest BCUT2D eigenvalue weighted by Crippen LogP contribution is -2.29. The molecule has 1 fully saturated rings. The van der Waals surface area contributed by atoms with Crippen molar-refractivity contribution in [3.63, 3.8) is 0 Å². The van der Waals surface area contributed by atoms with Crippen molar-refractivity contribution in [3.05, 3.63) is 99.3 Å². The van der Waals surface area contributed by atoms with Gasteiger partial charge in [-0.15, -0.1) is 0 Å². The number of rotatable bonds is 4. The number of amides is 1. The van der Waals surface area contributed by atoms with Gasteiger partial charge < -0.3 is 5.11 Å². The van der Waals surface area contributed by atoms with Crippen molar-refractivity contribution in [2.24, 2.45) is 0 Å². The van der Waals surface area contributed by atoms with E-state index in [0.717, 1.165) is 26.7 Å². The minimum absolute atomic E-state index is 0.0665. The number of nitrogens with zero attached hydrogens (tertiary/aromatic N) is 2. The Morgan fingerprint density at radius 1 is 1.12 bits per heavy atom. The topological polar surface area (TPSA) is 70.5 Å². The lowest BCUT2D eigenvalue weighted by atomic mass is 9.95. The molecule has 34 heavy (non-hydrogen) atoms. The number of carbonyl (C=O) groups is 2. The minimum Gasteiger partial charge on any atom is -0.507 e. The SMILES string of the molecule is CCc1ccc2nc(N3C(=O)C(=O)C(=C(O)c4ccc(F)cc4)C3c3cccc(Br)c3)sc2c1. The van der Waals surface area contributed by atoms with E-state index in [-0.39, 0.29) is 16.9 Å². The summed E-state index contributed by atoms with van der Waals surface area (Å²) >= 11 is 4.77. The number of carbonyl (C=O) groups excluding carboxylic acids is 2. The normalized spacial score (nSPS) is 17.6. The number of aliphatic hydroxyl groups is 1. The quantitative estimate of drug-likeness (QED) is 0.186. The zero-order valence-corrected chi connectivity index (χ0v) is 20.4. The van der Waals surface area contributed by atoms with Crippen LogP contribution in [0.15, 0.2) is 76.8 Å². The van der Waals surface area contributed by atoms with Crippen molar-refractivity contribution < 1.29 is 19.1 Å². The van der Waals surface area contributed by atoms with Crippen LogP contribution in [-0.4, -0.2) is 21.8 Å².